The molecule has 2 heterocycles. The van der Waals surface area contributed by atoms with Crippen molar-refractivity contribution in [1.29, 1.82) is 0 Å². The van der Waals surface area contributed by atoms with Gasteiger partial charge >= 0.3 is 0 Å². The monoisotopic (exact) mass is 232 g/mol. The standard InChI is InChI=1S/C11H10NO.2C2H6/c1-8-12-7-3-5-9-4-2-6-10(13-8)11(9)12;2*1-2/h2-8H,1H3;2*1-2H3/q+1;;. The highest BCUT2D eigenvalue weighted by molar-refractivity contribution is 5.81. The second-order valence-corrected chi connectivity index (χ2v) is 3.33. The van der Waals surface area contributed by atoms with Gasteiger partial charge in [-0.15, -0.1) is 0 Å². The number of aromatic nitrogens is 1. The molecule has 0 saturated carbocycles. The smallest absolute Gasteiger partial charge is 0.299 e. The minimum atomic E-state index is 0.126. The van der Waals surface area contributed by atoms with Gasteiger partial charge in [-0.25, -0.2) is 0 Å². The summed E-state index contributed by atoms with van der Waals surface area (Å²) in [7, 11) is 0. The molecule has 1 unspecified atom stereocenters. The van der Waals surface area contributed by atoms with E-state index in [1.807, 2.05) is 39.8 Å². The summed E-state index contributed by atoms with van der Waals surface area (Å²) in [6.45, 7) is 10.1. The first kappa shape index (κ1) is 13.5. The molecule has 1 aromatic carbocycles. The van der Waals surface area contributed by atoms with E-state index in [0.29, 0.717) is 0 Å². The summed E-state index contributed by atoms with van der Waals surface area (Å²) in [4.78, 5) is 0. The van der Waals surface area contributed by atoms with Crippen LogP contribution in [-0.4, -0.2) is 0 Å². The lowest BCUT2D eigenvalue weighted by molar-refractivity contribution is -0.715. The van der Waals surface area contributed by atoms with Crippen LogP contribution in [0.5, 0.6) is 5.75 Å². The Bertz CT molecular complexity index is 474. The number of ether oxygens (including phenoxy) is 1. The molecule has 0 saturated heterocycles. The van der Waals surface area contributed by atoms with Crippen molar-refractivity contribution in [3.8, 4) is 5.75 Å². The molecule has 1 aliphatic rings. The average molecular weight is 232 g/mol. The summed E-state index contributed by atoms with van der Waals surface area (Å²) in [5, 5.41) is 1.24. The highest BCUT2D eigenvalue weighted by Crippen LogP contribution is 2.29. The Morgan fingerprint density at radius 1 is 1.00 bits per heavy atom. The quantitative estimate of drug-likeness (QED) is 0.623. The number of benzene rings is 1. The minimum Gasteiger partial charge on any atom is -0.427 e. The molecule has 1 aliphatic heterocycles. The van der Waals surface area contributed by atoms with E-state index >= 15 is 0 Å². The lowest BCUT2D eigenvalue weighted by atomic mass is 10.2. The van der Waals surface area contributed by atoms with E-state index in [-0.39, 0.29) is 6.23 Å². The van der Waals surface area contributed by atoms with E-state index < -0.39 is 0 Å². The van der Waals surface area contributed by atoms with Crippen LogP contribution in [0.2, 0.25) is 0 Å². The molecule has 0 amide bonds. The summed E-state index contributed by atoms with van der Waals surface area (Å²) in [6, 6.07) is 10.3. The number of hydrogen-bond acceptors (Lipinski definition) is 1. The fraction of sp³-hybridized carbons (Fsp3) is 0.400. The summed E-state index contributed by atoms with van der Waals surface area (Å²) in [5.41, 5.74) is 1.21. The highest BCUT2D eigenvalue weighted by atomic mass is 16.5. The van der Waals surface area contributed by atoms with Crippen molar-refractivity contribution in [2.75, 3.05) is 0 Å². The van der Waals surface area contributed by atoms with E-state index in [4.69, 9.17) is 4.74 Å². The van der Waals surface area contributed by atoms with E-state index in [9.17, 15) is 0 Å². The van der Waals surface area contributed by atoms with Crippen LogP contribution in [0.1, 0.15) is 40.8 Å². The molecule has 0 spiro atoms. The first-order valence-corrected chi connectivity index (χ1v) is 6.46. The van der Waals surface area contributed by atoms with Gasteiger partial charge in [0.2, 0.25) is 0 Å². The van der Waals surface area contributed by atoms with Crippen molar-refractivity contribution in [3.05, 3.63) is 36.5 Å². The normalized spacial score (nSPS) is 15.2. The van der Waals surface area contributed by atoms with Gasteiger partial charge in [-0.2, -0.15) is 4.57 Å². The molecule has 17 heavy (non-hydrogen) atoms. The average Bonchev–Trinajstić information content (AvgIpc) is 2.74. The first-order chi connectivity index (χ1) is 8.36. The predicted molar refractivity (Wildman–Crippen MR) is 72.2 cm³/mol. The van der Waals surface area contributed by atoms with Gasteiger partial charge in [0.1, 0.15) is 0 Å². The third-order valence-electron chi connectivity index (χ3n) is 2.50. The molecule has 0 aliphatic carbocycles. The third kappa shape index (κ3) is 2.41. The van der Waals surface area contributed by atoms with Crippen molar-refractivity contribution < 1.29 is 9.30 Å². The molecule has 1 atom stereocenters. The molecule has 2 heteroatoms. The van der Waals surface area contributed by atoms with Crippen molar-refractivity contribution >= 4 is 10.9 Å². The summed E-state index contributed by atoms with van der Waals surface area (Å²) < 4.78 is 7.84. The van der Waals surface area contributed by atoms with Crippen LogP contribution in [0.3, 0.4) is 0 Å². The summed E-state index contributed by atoms with van der Waals surface area (Å²) in [6.07, 6.45) is 2.19. The Balaban J connectivity index is 0.000000330. The summed E-state index contributed by atoms with van der Waals surface area (Å²) in [5.74, 6) is 0.991. The van der Waals surface area contributed by atoms with Crippen molar-refractivity contribution in [3.63, 3.8) is 0 Å². The third-order valence-corrected chi connectivity index (χ3v) is 2.50. The largest absolute Gasteiger partial charge is 0.427 e. The molecule has 2 nitrogen and oxygen atoms in total. The lowest BCUT2D eigenvalue weighted by Crippen LogP contribution is -2.36. The second kappa shape index (κ2) is 6.24. The van der Waals surface area contributed by atoms with Gasteiger partial charge < -0.3 is 4.74 Å². The Morgan fingerprint density at radius 2 is 1.65 bits per heavy atom. The van der Waals surface area contributed by atoms with Crippen LogP contribution in [-0.2, 0) is 0 Å². The summed E-state index contributed by atoms with van der Waals surface area (Å²) >= 11 is 0. The second-order valence-electron chi connectivity index (χ2n) is 3.33. The maximum absolute atomic E-state index is 5.69. The molecule has 0 radical (unpaired) electrons. The van der Waals surface area contributed by atoms with Crippen LogP contribution >= 0.6 is 0 Å². The zero-order valence-corrected chi connectivity index (χ0v) is 11.4. The Hall–Kier alpha value is -1.57. The Morgan fingerprint density at radius 3 is 2.35 bits per heavy atom. The van der Waals surface area contributed by atoms with Crippen molar-refractivity contribution in [2.45, 2.75) is 40.8 Å². The molecular weight excluding hydrogens is 210 g/mol. The van der Waals surface area contributed by atoms with Crippen LogP contribution < -0.4 is 9.30 Å². The van der Waals surface area contributed by atoms with Gasteiger partial charge in [-0.1, -0.05) is 33.8 Å². The number of rotatable bonds is 0. The fourth-order valence-corrected chi connectivity index (χ4v) is 1.90. The zero-order chi connectivity index (χ0) is 12.8. The number of para-hydroxylation sites is 1. The number of hydrogen-bond donors (Lipinski definition) is 0. The lowest BCUT2D eigenvalue weighted by Gasteiger charge is -1.96. The van der Waals surface area contributed by atoms with Crippen LogP contribution in [0.25, 0.3) is 10.9 Å². The molecule has 0 N–H and O–H groups in total. The number of pyridine rings is 1. The van der Waals surface area contributed by atoms with Gasteiger partial charge in [0.05, 0.1) is 5.39 Å². The molecule has 3 rings (SSSR count). The maximum Gasteiger partial charge on any atom is 0.299 e. The van der Waals surface area contributed by atoms with E-state index in [1.165, 1.54) is 10.9 Å². The van der Waals surface area contributed by atoms with Gasteiger partial charge in [-0.3, -0.25) is 0 Å². The molecule has 2 aromatic rings. The van der Waals surface area contributed by atoms with Gasteiger partial charge in [0.25, 0.3) is 11.7 Å². The minimum absolute atomic E-state index is 0.126. The topological polar surface area (TPSA) is 13.1 Å². The van der Waals surface area contributed by atoms with E-state index in [1.54, 1.807) is 0 Å². The van der Waals surface area contributed by atoms with Crippen molar-refractivity contribution in [1.82, 2.24) is 0 Å². The van der Waals surface area contributed by atoms with Crippen LogP contribution in [0.4, 0.5) is 0 Å². The molecular formula is C15H22NO+. The molecule has 1 aromatic heterocycles. The van der Waals surface area contributed by atoms with E-state index in [2.05, 4.69) is 35.9 Å². The SMILES string of the molecule is CC.CC.CC1Oc2cccc3ccc[n+]1c23. The molecule has 92 valence electrons. The van der Waals surface area contributed by atoms with Crippen LogP contribution in [0, 0.1) is 0 Å². The fourth-order valence-electron chi connectivity index (χ4n) is 1.90. The van der Waals surface area contributed by atoms with Gasteiger partial charge in [-0.05, 0) is 18.2 Å². The highest BCUT2D eigenvalue weighted by Gasteiger charge is 2.28. The molecule has 0 fully saturated rings. The maximum atomic E-state index is 5.69. The predicted octanol–water partition coefficient (Wildman–Crippen LogP) is 4.09. The number of nitrogens with zero attached hydrogens (tertiary/aromatic N) is 1. The Kier molecular flexibility index (Phi) is 4.95. The van der Waals surface area contributed by atoms with Gasteiger partial charge in [0.15, 0.2) is 11.9 Å². The van der Waals surface area contributed by atoms with Crippen molar-refractivity contribution in [2.24, 2.45) is 0 Å². The van der Waals surface area contributed by atoms with Gasteiger partial charge in [0, 0.05) is 13.0 Å². The first-order valence-electron chi connectivity index (χ1n) is 6.46. The van der Waals surface area contributed by atoms with E-state index in [0.717, 1.165) is 5.75 Å². The molecule has 0 bridgehead atoms. The Labute approximate surface area is 104 Å². The van der Waals surface area contributed by atoms with Crippen LogP contribution in [0.15, 0.2) is 36.5 Å². The zero-order valence-electron chi connectivity index (χ0n) is 11.4.